The number of carbonyl (C=O) groups excluding carboxylic acids is 1. The minimum Gasteiger partial charge on any atom is -0.340 e. The average molecular weight is 344 g/mol. The molecule has 1 aromatic carbocycles. The summed E-state index contributed by atoms with van der Waals surface area (Å²) in [7, 11) is 1.88. The van der Waals surface area contributed by atoms with E-state index in [-0.39, 0.29) is 5.91 Å². The zero-order chi connectivity index (χ0) is 12.3. The van der Waals surface area contributed by atoms with E-state index in [2.05, 4.69) is 27.9 Å². The lowest BCUT2D eigenvalue weighted by molar-refractivity contribution is 0.0783. The number of benzene rings is 1. The third-order valence-corrected chi connectivity index (χ3v) is 4.05. The van der Waals surface area contributed by atoms with E-state index in [0.717, 1.165) is 22.2 Å². The second kappa shape index (κ2) is 5.82. The van der Waals surface area contributed by atoms with Crippen LogP contribution in [0.25, 0.3) is 0 Å². The molecule has 1 N–H and O–H groups in total. The molecule has 1 aromatic rings. The number of likely N-dealkylation sites (N-methyl/N-ethyl adjacent to an activating group) is 1. The minimum atomic E-state index is 0.115. The predicted octanol–water partition coefficient (Wildman–Crippen LogP) is 2.12. The van der Waals surface area contributed by atoms with Crippen LogP contribution in [-0.4, -0.2) is 37.0 Å². The van der Waals surface area contributed by atoms with E-state index in [0.29, 0.717) is 6.04 Å². The molecule has 4 heteroatoms. The Morgan fingerprint density at radius 3 is 2.94 bits per heavy atom. The van der Waals surface area contributed by atoms with Crippen molar-refractivity contribution in [3.8, 4) is 0 Å². The van der Waals surface area contributed by atoms with Crippen LogP contribution in [0.1, 0.15) is 23.2 Å². The van der Waals surface area contributed by atoms with Crippen LogP contribution in [-0.2, 0) is 0 Å². The highest BCUT2D eigenvalue weighted by Crippen LogP contribution is 2.14. The summed E-state index contributed by atoms with van der Waals surface area (Å²) in [6, 6.07) is 8.19. The summed E-state index contributed by atoms with van der Waals surface area (Å²) < 4.78 is 1.02. The summed E-state index contributed by atoms with van der Waals surface area (Å²) in [5.41, 5.74) is 0.800. The zero-order valence-electron chi connectivity index (χ0n) is 9.95. The van der Waals surface area contributed by atoms with Gasteiger partial charge in [0.1, 0.15) is 0 Å². The molecule has 17 heavy (non-hydrogen) atoms. The number of hydrogen-bond acceptors (Lipinski definition) is 2. The first kappa shape index (κ1) is 12.8. The summed E-state index contributed by atoms with van der Waals surface area (Å²) >= 11 is 2.21. The zero-order valence-corrected chi connectivity index (χ0v) is 12.1. The quantitative estimate of drug-likeness (QED) is 0.852. The lowest BCUT2D eigenvalue weighted by atomic mass is 10.1. The first-order valence-electron chi connectivity index (χ1n) is 5.92. The highest BCUT2D eigenvalue weighted by molar-refractivity contribution is 14.1. The maximum Gasteiger partial charge on any atom is 0.254 e. The summed E-state index contributed by atoms with van der Waals surface area (Å²) in [6.07, 6.45) is 2.39. The number of halogens is 1. The molecule has 1 aliphatic rings. The van der Waals surface area contributed by atoms with Gasteiger partial charge in [0, 0.05) is 23.2 Å². The van der Waals surface area contributed by atoms with Crippen molar-refractivity contribution in [3.05, 3.63) is 33.4 Å². The Bertz CT molecular complexity index is 402. The number of rotatable bonds is 3. The van der Waals surface area contributed by atoms with Crippen molar-refractivity contribution in [2.24, 2.45) is 0 Å². The minimum absolute atomic E-state index is 0.115. The molecule has 0 saturated carbocycles. The first-order valence-corrected chi connectivity index (χ1v) is 6.99. The molecule has 1 aliphatic heterocycles. The van der Waals surface area contributed by atoms with Gasteiger partial charge >= 0.3 is 0 Å². The molecule has 0 spiro atoms. The van der Waals surface area contributed by atoms with Gasteiger partial charge in [-0.15, -0.1) is 0 Å². The maximum atomic E-state index is 12.2. The molecule has 0 radical (unpaired) electrons. The summed E-state index contributed by atoms with van der Waals surface area (Å²) in [5, 5.41) is 3.41. The van der Waals surface area contributed by atoms with Crippen LogP contribution in [0.4, 0.5) is 0 Å². The monoisotopic (exact) mass is 344 g/mol. The van der Waals surface area contributed by atoms with Crippen molar-refractivity contribution in [2.75, 3.05) is 20.1 Å². The maximum absolute atomic E-state index is 12.2. The van der Waals surface area contributed by atoms with Gasteiger partial charge in [0.2, 0.25) is 0 Å². The van der Waals surface area contributed by atoms with Gasteiger partial charge in [-0.05, 0) is 54.1 Å². The molecule has 1 unspecified atom stereocenters. The molecule has 0 aromatic heterocycles. The second-order valence-corrected chi connectivity index (χ2v) is 5.62. The number of nitrogens with one attached hydrogen (secondary N) is 1. The van der Waals surface area contributed by atoms with Crippen LogP contribution in [0.2, 0.25) is 0 Å². The van der Waals surface area contributed by atoms with Crippen LogP contribution in [0.5, 0.6) is 0 Å². The van der Waals surface area contributed by atoms with Gasteiger partial charge in [-0.25, -0.2) is 0 Å². The third kappa shape index (κ3) is 3.19. The molecule has 1 atom stereocenters. The molecule has 1 saturated heterocycles. The Balaban J connectivity index is 2.01. The molecule has 2 rings (SSSR count). The summed E-state index contributed by atoms with van der Waals surface area (Å²) in [5.74, 6) is 0.115. The van der Waals surface area contributed by atoms with Crippen LogP contribution in [0.3, 0.4) is 0 Å². The Kier molecular flexibility index (Phi) is 4.39. The average Bonchev–Trinajstić information content (AvgIpc) is 2.81. The summed E-state index contributed by atoms with van der Waals surface area (Å²) in [6.45, 7) is 1.87. The Morgan fingerprint density at radius 2 is 2.29 bits per heavy atom. The van der Waals surface area contributed by atoms with E-state index < -0.39 is 0 Å². The van der Waals surface area contributed by atoms with Crippen molar-refractivity contribution < 1.29 is 4.79 Å². The summed E-state index contributed by atoms with van der Waals surface area (Å²) in [4.78, 5) is 14.1. The van der Waals surface area contributed by atoms with E-state index in [4.69, 9.17) is 0 Å². The van der Waals surface area contributed by atoms with Crippen LogP contribution in [0, 0.1) is 3.57 Å². The van der Waals surface area contributed by atoms with Crippen LogP contribution < -0.4 is 5.32 Å². The topological polar surface area (TPSA) is 32.3 Å². The van der Waals surface area contributed by atoms with Crippen molar-refractivity contribution in [1.82, 2.24) is 10.2 Å². The molecular formula is C13H17IN2O. The van der Waals surface area contributed by atoms with Crippen LogP contribution >= 0.6 is 22.6 Å². The SMILES string of the molecule is CN(CC1CCCN1)C(=O)c1ccccc1I. The molecular weight excluding hydrogens is 327 g/mol. The van der Waals surface area contributed by atoms with Crippen molar-refractivity contribution >= 4 is 28.5 Å². The lowest BCUT2D eigenvalue weighted by Crippen LogP contribution is -2.38. The van der Waals surface area contributed by atoms with Gasteiger partial charge in [-0.1, -0.05) is 12.1 Å². The Hall–Kier alpha value is -0.620. The molecule has 0 aliphatic carbocycles. The fourth-order valence-corrected chi connectivity index (χ4v) is 2.78. The molecule has 1 heterocycles. The largest absolute Gasteiger partial charge is 0.340 e. The van der Waals surface area contributed by atoms with E-state index in [1.165, 1.54) is 12.8 Å². The van der Waals surface area contributed by atoms with E-state index in [1.54, 1.807) is 0 Å². The van der Waals surface area contributed by atoms with Gasteiger partial charge in [0.15, 0.2) is 0 Å². The number of nitrogens with zero attached hydrogens (tertiary/aromatic N) is 1. The Morgan fingerprint density at radius 1 is 1.53 bits per heavy atom. The van der Waals surface area contributed by atoms with Gasteiger partial charge in [0.25, 0.3) is 5.91 Å². The molecule has 1 fully saturated rings. The standard InChI is InChI=1S/C13H17IN2O/c1-16(9-10-5-4-8-15-10)13(17)11-6-2-3-7-12(11)14/h2-3,6-7,10,15H,4-5,8-9H2,1H3. The molecule has 3 nitrogen and oxygen atoms in total. The van der Waals surface area contributed by atoms with Gasteiger partial charge in [-0.2, -0.15) is 0 Å². The Labute approximate surface area is 116 Å². The highest BCUT2D eigenvalue weighted by Gasteiger charge is 2.20. The number of hydrogen-bond donors (Lipinski definition) is 1. The molecule has 0 bridgehead atoms. The van der Waals surface area contributed by atoms with E-state index in [1.807, 2.05) is 36.2 Å². The van der Waals surface area contributed by atoms with E-state index in [9.17, 15) is 4.79 Å². The van der Waals surface area contributed by atoms with Crippen molar-refractivity contribution in [2.45, 2.75) is 18.9 Å². The number of amides is 1. The normalized spacial score (nSPS) is 19.3. The highest BCUT2D eigenvalue weighted by atomic mass is 127. The smallest absolute Gasteiger partial charge is 0.254 e. The molecule has 92 valence electrons. The van der Waals surface area contributed by atoms with Crippen molar-refractivity contribution in [1.29, 1.82) is 0 Å². The second-order valence-electron chi connectivity index (χ2n) is 4.46. The fraction of sp³-hybridized carbons (Fsp3) is 0.462. The molecule has 1 amide bonds. The predicted molar refractivity (Wildman–Crippen MR) is 77.1 cm³/mol. The lowest BCUT2D eigenvalue weighted by Gasteiger charge is -2.21. The number of carbonyl (C=O) groups is 1. The van der Waals surface area contributed by atoms with Gasteiger partial charge < -0.3 is 10.2 Å². The first-order chi connectivity index (χ1) is 8.18. The van der Waals surface area contributed by atoms with Gasteiger partial charge in [-0.3, -0.25) is 4.79 Å². The third-order valence-electron chi connectivity index (χ3n) is 3.11. The fourth-order valence-electron chi connectivity index (χ4n) is 2.17. The van der Waals surface area contributed by atoms with E-state index >= 15 is 0 Å². The van der Waals surface area contributed by atoms with Gasteiger partial charge in [0.05, 0.1) is 5.56 Å². The van der Waals surface area contributed by atoms with Crippen LogP contribution in [0.15, 0.2) is 24.3 Å². The van der Waals surface area contributed by atoms with Crippen molar-refractivity contribution in [3.63, 3.8) is 0 Å².